The fourth-order valence-corrected chi connectivity index (χ4v) is 2.76. The molecule has 1 aromatic carbocycles. The normalized spacial score (nSPS) is 10.6. The summed E-state index contributed by atoms with van der Waals surface area (Å²) in [6.45, 7) is 0.680. The van der Waals surface area contributed by atoms with E-state index in [1.54, 1.807) is 0 Å². The highest BCUT2D eigenvalue weighted by Gasteiger charge is 1.99. The van der Waals surface area contributed by atoms with Crippen LogP contribution < -0.4 is 4.74 Å². The molecule has 0 bridgehead atoms. The molecule has 1 aromatic heterocycles. The summed E-state index contributed by atoms with van der Waals surface area (Å²) < 4.78 is 6.30. The van der Waals surface area contributed by atoms with Gasteiger partial charge in [-0.05, 0) is 36.5 Å². The fraction of sp³-hybridized carbons (Fsp3) is 0.308. The molecule has 0 aliphatic heterocycles. The third kappa shape index (κ3) is 4.93. The van der Waals surface area contributed by atoms with Crippen molar-refractivity contribution in [2.75, 3.05) is 12.4 Å². The van der Waals surface area contributed by atoms with Crippen molar-refractivity contribution in [1.29, 1.82) is 0 Å². The Morgan fingerprint density at radius 1 is 1.32 bits per heavy atom. The van der Waals surface area contributed by atoms with Gasteiger partial charge in [0.2, 0.25) is 0 Å². The third-order valence-electron chi connectivity index (χ3n) is 2.44. The first-order chi connectivity index (χ1) is 9.25. The van der Waals surface area contributed by atoms with Gasteiger partial charge >= 0.3 is 0 Å². The van der Waals surface area contributed by atoms with Gasteiger partial charge in [0.15, 0.2) is 4.77 Å². The molecule has 0 saturated carbocycles. The van der Waals surface area contributed by atoms with Crippen LogP contribution in [0.5, 0.6) is 5.75 Å². The zero-order chi connectivity index (χ0) is 13.5. The van der Waals surface area contributed by atoms with Crippen molar-refractivity contribution >= 4 is 35.6 Å². The quantitative estimate of drug-likeness (QED) is 0.587. The molecule has 0 fully saturated rings. The van der Waals surface area contributed by atoms with Gasteiger partial charge in [-0.2, -0.15) is 11.8 Å². The van der Waals surface area contributed by atoms with Gasteiger partial charge in [-0.3, -0.25) is 0 Å². The Balaban J connectivity index is 1.60. The van der Waals surface area contributed by atoms with E-state index < -0.39 is 0 Å². The van der Waals surface area contributed by atoms with Crippen LogP contribution in [0.3, 0.4) is 0 Å². The predicted octanol–water partition coefficient (Wildman–Crippen LogP) is 4.43. The van der Waals surface area contributed by atoms with Crippen LogP contribution >= 0.6 is 35.6 Å². The Morgan fingerprint density at radius 3 is 2.89 bits per heavy atom. The van der Waals surface area contributed by atoms with E-state index in [9.17, 15) is 0 Å². The van der Waals surface area contributed by atoms with Crippen molar-refractivity contribution in [3.8, 4) is 5.75 Å². The van der Waals surface area contributed by atoms with Crippen molar-refractivity contribution < 1.29 is 4.74 Å². The molecule has 0 radical (unpaired) electrons. The first-order valence-corrected chi connectivity index (χ1v) is 7.91. The minimum atomic E-state index is 0.662. The minimum Gasteiger partial charge on any atom is -0.492 e. The maximum atomic E-state index is 6.00. The smallest absolute Gasteiger partial charge is 0.174 e. The molecule has 102 valence electrons. The number of halogens is 1. The number of benzene rings is 1. The molecule has 6 heteroatoms. The summed E-state index contributed by atoms with van der Waals surface area (Å²) in [5.74, 6) is 2.72. The number of ether oxygens (including phenoxy) is 1. The van der Waals surface area contributed by atoms with Gasteiger partial charge in [0.25, 0.3) is 0 Å². The number of para-hydroxylation sites is 1. The molecule has 0 atom stereocenters. The number of aromatic nitrogens is 2. The molecular weight excluding hydrogens is 300 g/mol. The molecule has 0 amide bonds. The predicted molar refractivity (Wildman–Crippen MR) is 83.7 cm³/mol. The highest BCUT2D eigenvalue weighted by atomic mass is 35.5. The van der Waals surface area contributed by atoms with Gasteiger partial charge in [-0.25, -0.2) is 0 Å². The molecule has 0 aliphatic rings. The SMILES string of the molecule is S=c1[nH]cc(CSCCCOc2ccccc2Cl)[nH]1. The molecule has 2 rings (SSSR count). The average molecular weight is 315 g/mol. The Morgan fingerprint density at radius 2 is 2.16 bits per heavy atom. The van der Waals surface area contributed by atoms with Crippen LogP contribution in [0.25, 0.3) is 0 Å². The molecule has 3 nitrogen and oxygen atoms in total. The highest BCUT2D eigenvalue weighted by Crippen LogP contribution is 2.23. The second-order valence-corrected chi connectivity index (χ2v) is 5.87. The highest BCUT2D eigenvalue weighted by molar-refractivity contribution is 7.98. The van der Waals surface area contributed by atoms with Crippen LogP contribution in [-0.4, -0.2) is 22.3 Å². The van der Waals surface area contributed by atoms with Crippen LogP contribution in [0.4, 0.5) is 0 Å². The van der Waals surface area contributed by atoms with Gasteiger partial charge < -0.3 is 14.7 Å². The molecule has 0 spiro atoms. The maximum Gasteiger partial charge on any atom is 0.174 e. The molecular formula is C13H15ClN2OS2. The van der Waals surface area contributed by atoms with Gasteiger partial charge in [0.05, 0.1) is 11.6 Å². The van der Waals surface area contributed by atoms with Crippen molar-refractivity contribution in [3.63, 3.8) is 0 Å². The van der Waals surface area contributed by atoms with Gasteiger partial charge in [-0.15, -0.1) is 0 Å². The fourth-order valence-electron chi connectivity index (χ4n) is 1.54. The van der Waals surface area contributed by atoms with Crippen molar-refractivity contribution in [1.82, 2.24) is 9.97 Å². The van der Waals surface area contributed by atoms with Crippen molar-refractivity contribution in [3.05, 3.63) is 45.9 Å². The summed E-state index contributed by atoms with van der Waals surface area (Å²) in [7, 11) is 0. The number of imidazole rings is 1. The summed E-state index contributed by atoms with van der Waals surface area (Å²) in [6, 6.07) is 7.53. The van der Waals surface area contributed by atoms with E-state index in [2.05, 4.69) is 9.97 Å². The Bertz CT molecular complexity index is 568. The average Bonchev–Trinajstić information content (AvgIpc) is 2.81. The van der Waals surface area contributed by atoms with Gasteiger partial charge in [0, 0.05) is 17.6 Å². The third-order valence-corrected chi connectivity index (χ3v) is 4.06. The van der Waals surface area contributed by atoms with E-state index in [-0.39, 0.29) is 0 Å². The number of aromatic amines is 2. The number of hydrogen-bond acceptors (Lipinski definition) is 3. The van der Waals surface area contributed by atoms with Crippen molar-refractivity contribution in [2.45, 2.75) is 12.2 Å². The lowest BCUT2D eigenvalue weighted by Crippen LogP contribution is -1.99. The lowest BCUT2D eigenvalue weighted by atomic mass is 10.3. The minimum absolute atomic E-state index is 0.662. The Kier molecular flexibility index (Phi) is 5.82. The number of rotatable bonds is 7. The number of thioether (sulfide) groups is 1. The molecule has 0 saturated heterocycles. The van der Waals surface area contributed by atoms with Crippen LogP contribution in [0.2, 0.25) is 5.02 Å². The van der Waals surface area contributed by atoms with E-state index in [1.165, 1.54) is 0 Å². The van der Waals surface area contributed by atoms with E-state index in [4.69, 9.17) is 28.6 Å². The first-order valence-electron chi connectivity index (χ1n) is 5.97. The summed E-state index contributed by atoms with van der Waals surface area (Å²) >= 11 is 12.8. The summed E-state index contributed by atoms with van der Waals surface area (Å²) in [5, 5.41) is 0.662. The zero-order valence-electron chi connectivity index (χ0n) is 10.3. The molecule has 19 heavy (non-hydrogen) atoms. The summed E-state index contributed by atoms with van der Waals surface area (Å²) in [6.07, 6.45) is 2.90. The topological polar surface area (TPSA) is 40.8 Å². The van der Waals surface area contributed by atoms with Crippen LogP contribution in [0, 0.1) is 4.77 Å². The van der Waals surface area contributed by atoms with Crippen LogP contribution in [0.1, 0.15) is 12.1 Å². The monoisotopic (exact) mass is 314 g/mol. The number of nitrogens with one attached hydrogen (secondary N) is 2. The zero-order valence-corrected chi connectivity index (χ0v) is 12.7. The number of hydrogen-bond donors (Lipinski definition) is 2. The Hall–Kier alpha value is -0.910. The first kappa shape index (κ1) is 14.5. The Labute approximate surface area is 126 Å². The molecule has 1 heterocycles. The van der Waals surface area contributed by atoms with Crippen molar-refractivity contribution in [2.24, 2.45) is 0 Å². The molecule has 0 aliphatic carbocycles. The van der Waals surface area contributed by atoms with Gasteiger partial charge in [-0.1, -0.05) is 23.7 Å². The van der Waals surface area contributed by atoms with E-state index in [0.717, 1.165) is 29.4 Å². The lowest BCUT2D eigenvalue weighted by Gasteiger charge is -2.07. The summed E-state index contributed by atoms with van der Waals surface area (Å²) in [5.41, 5.74) is 1.13. The van der Waals surface area contributed by atoms with Gasteiger partial charge in [0.1, 0.15) is 5.75 Å². The molecule has 2 aromatic rings. The van der Waals surface area contributed by atoms with Crippen LogP contribution in [0.15, 0.2) is 30.5 Å². The summed E-state index contributed by atoms with van der Waals surface area (Å²) in [4.78, 5) is 6.04. The second-order valence-electron chi connectivity index (χ2n) is 3.95. The standard InChI is InChI=1S/C13H15ClN2OS2/c14-11-4-1-2-5-12(11)17-6-3-7-19-9-10-8-15-13(18)16-10/h1-2,4-5,8H,3,6-7,9H2,(H2,15,16,18). The van der Waals surface area contributed by atoms with Crippen LogP contribution in [-0.2, 0) is 5.75 Å². The largest absolute Gasteiger partial charge is 0.492 e. The number of H-pyrrole nitrogens is 2. The maximum absolute atomic E-state index is 6.00. The second kappa shape index (κ2) is 7.62. The molecule has 0 unspecified atom stereocenters. The molecule has 2 N–H and O–H groups in total. The lowest BCUT2D eigenvalue weighted by molar-refractivity contribution is 0.319. The van der Waals surface area contributed by atoms with E-state index >= 15 is 0 Å². The van der Waals surface area contributed by atoms with E-state index in [0.29, 0.717) is 16.4 Å². The van der Waals surface area contributed by atoms with E-state index in [1.807, 2.05) is 42.2 Å².